The number of rotatable bonds is 2. The number of aliphatic hydroxyl groups excluding tert-OH is 1. The fraction of sp³-hybridized carbons (Fsp3) is 0.636. The van der Waals surface area contributed by atoms with Gasteiger partial charge in [0.2, 0.25) is 5.95 Å². The highest BCUT2D eigenvalue weighted by Gasteiger charge is 2.23. The lowest BCUT2D eigenvalue weighted by Crippen LogP contribution is -2.36. The Morgan fingerprint density at radius 3 is 2.93 bits per heavy atom. The molecule has 0 bridgehead atoms. The van der Waals surface area contributed by atoms with Gasteiger partial charge < -0.3 is 10.4 Å². The zero-order valence-electron chi connectivity index (χ0n) is 8.98. The zero-order chi connectivity index (χ0) is 10.7. The number of aromatic nitrogens is 2. The van der Waals surface area contributed by atoms with Gasteiger partial charge in [-0.25, -0.2) is 9.97 Å². The topological polar surface area (TPSA) is 58.0 Å². The minimum Gasteiger partial charge on any atom is -0.391 e. The molecule has 0 unspecified atom stereocenters. The SMILES string of the molecule is Cc1ccnc(N[C@H]2CCCC[C@@H]2O)n1. The number of anilines is 1. The van der Waals surface area contributed by atoms with Gasteiger partial charge in [0.1, 0.15) is 0 Å². The summed E-state index contributed by atoms with van der Waals surface area (Å²) in [5.41, 5.74) is 0.942. The van der Waals surface area contributed by atoms with Crippen LogP contribution in [0.1, 0.15) is 31.4 Å². The molecule has 1 fully saturated rings. The Balaban J connectivity index is 2.01. The third-order valence-corrected chi connectivity index (χ3v) is 2.84. The first-order valence-electron chi connectivity index (χ1n) is 5.50. The summed E-state index contributed by atoms with van der Waals surface area (Å²) in [5, 5.41) is 13.0. The van der Waals surface area contributed by atoms with Gasteiger partial charge in [0.25, 0.3) is 0 Å². The van der Waals surface area contributed by atoms with Crippen molar-refractivity contribution < 1.29 is 5.11 Å². The molecule has 0 amide bonds. The number of nitrogens with one attached hydrogen (secondary N) is 1. The summed E-state index contributed by atoms with van der Waals surface area (Å²) in [4.78, 5) is 8.40. The first-order chi connectivity index (χ1) is 7.25. The number of aryl methyl sites for hydroxylation is 1. The molecule has 0 aliphatic heterocycles. The lowest BCUT2D eigenvalue weighted by Gasteiger charge is -2.28. The summed E-state index contributed by atoms with van der Waals surface area (Å²) >= 11 is 0. The first kappa shape index (κ1) is 10.4. The summed E-state index contributed by atoms with van der Waals surface area (Å²) in [6, 6.07) is 1.98. The van der Waals surface area contributed by atoms with E-state index in [2.05, 4.69) is 15.3 Å². The molecule has 0 aromatic carbocycles. The van der Waals surface area contributed by atoms with Crippen LogP contribution in [0.4, 0.5) is 5.95 Å². The van der Waals surface area contributed by atoms with Crippen LogP contribution >= 0.6 is 0 Å². The summed E-state index contributed by atoms with van der Waals surface area (Å²) in [6.07, 6.45) is 5.64. The van der Waals surface area contributed by atoms with E-state index in [1.807, 2.05) is 13.0 Å². The van der Waals surface area contributed by atoms with Gasteiger partial charge in [0, 0.05) is 11.9 Å². The number of hydrogen-bond donors (Lipinski definition) is 2. The van der Waals surface area contributed by atoms with E-state index in [-0.39, 0.29) is 12.1 Å². The Labute approximate surface area is 89.8 Å². The minimum absolute atomic E-state index is 0.112. The summed E-state index contributed by atoms with van der Waals surface area (Å²) in [7, 11) is 0. The largest absolute Gasteiger partial charge is 0.391 e. The molecule has 1 heterocycles. The van der Waals surface area contributed by atoms with E-state index in [1.54, 1.807) is 6.20 Å². The second kappa shape index (κ2) is 4.57. The Hall–Kier alpha value is -1.16. The molecule has 0 saturated heterocycles. The van der Waals surface area contributed by atoms with Crippen LogP contribution in [0, 0.1) is 6.92 Å². The minimum atomic E-state index is -0.261. The molecule has 2 N–H and O–H groups in total. The molecule has 0 spiro atoms. The van der Waals surface area contributed by atoms with E-state index in [1.165, 1.54) is 6.42 Å². The predicted octanol–water partition coefficient (Wildman–Crippen LogP) is 1.50. The van der Waals surface area contributed by atoms with Crippen molar-refractivity contribution in [3.8, 4) is 0 Å². The molecular weight excluding hydrogens is 190 g/mol. The molecule has 1 aliphatic rings. The first-order valence-corrected chi connectivity index (χ1v) is 5.50. The second-order valence-electron chi connectivity index (χ2n) is 4.12. The van der Waals surface area contributed by atoms with Gasteiger partial charge >= 0.3 is 0 Å². The Bertz CT molecular complexity index is 329. The van der Waals surface area contributed by atoms with Crippen molar-refractivity contribution in [1.82, 2.24) is 9.97 Å². The molecule has 4 heteroatoms. The third kappa shape index (κ3) is 2.65. The van der Waals surface area contributed by atoms with E-state index in [4.69, 9.17) is 0 Å². The average Bonchev–Trinajstić information content (AvgIpc) is 2.22. The smallest absolute Gasteiger partial charge is 0.223 e. The average molecular weight is 207 g/mol. The molecule has 1 saturated carbocycles. The summed E-state index contributed by atoms with van der Waals surface area (Å²) < 4.78 is 0. The van der Waals surface area contributed by atoms with Crippen LogP contribution in [-0.4, -0.2) is 27.2 Å². The van der Waals surface area contributed by atoms with Crippen molar-refractivity contribution in [3.05, 3.63) is 18.0 Å². The number of nitrogens with zero attached hydrogens (tertiary/aromatic N) is 2. The van der Waals surface area contributed by atoms with Crippen LogP contribution in [-0.2, 0) is 0 Å². The number of aliphatic hydroxyl groups is 1. The van der Waals surface area contributed by atoms with Crippen molar-refractivity contribution in [2.75, 3.05) is 5.32 Å². The predicted molar refractivity (Wildman–Crippen MR) is 58.7 cm³/mol. The van der Waals surface area contributed by atoms with Crippen LogP contribution in [0.3, 0.4) is 0 Å². The van der Waals surface area contributed by atoms with Crippen molar-refractivity contribution in [2.45, 2.75) is 44.8 Å². The quantitative estimate of drug-likeness (QED) is 0.771. The van der Waals surface area contributed by atoms with Crippen molar-refractivity contribution in [1.29, 1.82) is 0 Å². The lowest BCUT2D eigenvalue weighted by atomic mass is 9.93. The normalized spacial score (nSPS) is 26.3. The monoisotopic (exact) mass is 207 g/mol. The molecule has 2 atom stereocenters. The number of hydrogen-bond acceptors (Lipinski definition) is 4. The maximum absolute atomic E-state index is 9.78. The zero-order valence-corrected chi connectivity index (χ0v) is 8.98. The van der Waals surface area contributed by atoms with Gasteiger partial charge in [-0.2, -0.15) is 0 Å². The maximum atomic E-state index is 9.78. The van der Waals surface area contributed by atoms with E-state index in [9.17, 15) is 5.11 Å². The highest BCUT2D eigenvalue weighted by molar-refractivity contribution is 5.27. The lowest BCUT2D eigenvalue weighted by molar-refractivity contribution is 0.116. The second-order valence-corrected chi connectivity index (χ2v) is 4.12. The standard InChI is InChI=1S/C11H17N3O/c1-8-6-7-12-11(13-8)14-9-4-2-3-5-10(9)15/h6-7,9-10,15H,2-5H2,1H3,(H,12,13,14)/t9-,10-/m0/s1. The van der Waals surface area contributed by atoms with E-state index in [0.29, 0.717) is 5.95 Å². The maximum Gasteiger partial charge on any atom is 0.223 e. The van der Waals surface area contributed by atoms with E-state index in [0.717, 1.165) is 25.0 Å². The molecule has 82 valence electrons. The van der Waals surface area contributed by atoms with E-state index < -0.39 is 0 Å². The van der Waals surface area contributed by atoms with Crippen LogP contribution in [0.2, 0.25) is 0 Å². The molecule has 1 aromatic heterocycles. The molecule has 2 rings (SSSR count). The van der Waals surface area contributed by atoms with Gasteiger partial charge in [0.05, 0.1) is 12.1 Å². The third-order valence-electron chi connectivity index (χ3n) is 2.84. The van der Waals surface area contributed by atoms with E-state index >= 15 is 0 Å². The van der Waals surface area contributed by atoms with Gasteiger partial charge in [-0.3, -0.25) is 0 Å². The van der Waals surface area contributed by atoms with Crippen LogP contribution in [0.15, 0.2) is 12.3 Å². The highest BCUT2D eigenvalue weighted by Crippen LogP contribution is 2.20. The Morgan fingerprint density at radius 2 is 2.20 bits per heavy atom. The van der Waals surface area contributed by atoms with Crippen LogP contribution in [0.5, 0.6) is 0 Å². The molecule has 1 aliphatic carbocycles. The molecule has 4 nitrogen and oxygen atoms in total. The van der Waals surface area contributed by atoms with Crippen molar-refractivity contribution in [3.63, 3.8) is 0 Å². The fourth-order valence-electron chi connectivity index (χ4n) is 1.96. The van der Waals surface area contributed by atoms with Crippen LogP contribution < -0.4 is 5.32 Å². The van der Waals surface area contributed by atoms with Gasteiger partial charge in [-0.05, 0) is 25.8 Å². The molecule has 15 heavy (non-hydrogen) atoms. The van der Waals surface area contributed by atoms with Gasteiger partial charge in [-0.1, -0.05) is 12.8 Å². The Kier molecular flexibility index (Phi) is 3.16. The Morgan fingerprint density at radius 1 is 1.40 bits per heavy atom. The molecular formula is C11H17N3O. The summed E-state index contributed by atoms with van der Waals surface area (Å²) in [5.74, 6) is 0.626. The van der Waals surface area contributed by atoms with Gasteiger partial charge in [0.15, 0.2) is 0 Å². The van der Waals surface area contributed by atoms with Gasteiger partial charge in [-0.15, -0.1) is 0 Å². The fourth-order valence-corrected chi connectivity index (χ4v) is 1.96. The highest BCUT2D eigenvalue weighted by atomic mass is 16.3. The molecule has 0 radical (unpaired) electrons. The summed E-state index contributed by atoms with van der Waals surface area (Å²) in [6.45, 7) is 1.93. The molecule has 1 aromatic rings. The van der Waals surface area contributed by atoms with Crippen molar-refractivity contribution in [2.24, 2.45) is 0 Å². The van der Waals surface area contributed by atoms with Crippen LogP contribution in [0.25, 0.3) is 0 Å². The van der Waals surface area contributed by atoms with Crippen molar-refractivity contribution >= 4 is 5.95 Å².